The molecule has 0 spiro atoms. The van der Waals surface area contributed by atoms with Crippen LogP contribution in [0.25, 0.3) is 16.6 Å². The lowest BCUT2D eigenvalue weighted by Gasteiger charge is -2.41. The van der Waals surface area contributed by atoms with Gasteiger partial charge in [0.25, 0.3) is 0 Å². The summed E-state index contributed by atoms with van der Waals surface area (Å²) >= 11 is 0. The fourth-order valence-electron chi connectivity index (χ4n) is 4.46. The Balaban J connectivity index is 2.03. The van der Waals surface area contributed by atoms with Crippen molar-refractivity contribution < 1.29 is 32.2 Å². The van der Waals surface area contributed by atoms with Crippen LogP contribution in [0.3, 0.4) is 0 Å². The Morgan fingerprint density at radius 1 is 1.11 bits per heavy atom. The van der Waals surface area contributed by atoms with Crippen molar-refractivity contribution in [1.82, 2.24) is 9.88 Å². The quantitative estimate of drug-likeness (QED) is 0.336. The lowest BCUT2D eigenvalue weighted by atomic mass is 10.0. The number of aromatic nitrogens is 1. The van der Waals surface area contributed by atoms with Crippen LogP contribution in [0.5, 0.6) is 0 Å². The van der Waals surface area contributed by atoms with E-state index in [9.17, 15) is 18.8 Å². The van der Waals surface area contributed by atoms with E-state index < -0.39 is 52.4 Å². The molecule has 3 N–H and O–H groups in total. The van der Waals surface area contributed by atoms with E-state index in [0.717, 1.165) is 35.9 Å². The number of halogens is 3. The van der Waals surface area contributed by atoms with Crippen LogP contribution in [0.2, 0.25) is 0 Å². The molecule has 0 radical (unpaired) electrons. The first-order valence-corrected chi connectivity index (χ1v) is 12.0. The van der Waals surface area contributed by atoms with Crippen molar-refractivity contribution in [1.29, 1.82) is 0 Å². The summed E-state index contributed by atoms with van der Waals surface area (Å²) in [5.41, 5.74) is 3.41. The van der Waals surface area contributed by atoms with Crippen molar-refractivity contribution >= 4 is 34.2 Å². The highest BCUT2D eigenvalue weighted by Crippen LogP contribution is 2.35. The van der Waals surface area contributed by atoms with Gasteiger partial charge < -0.3 is 30.0 Å². The molecule has 38 heavy (non-hydrogen) atoms. The SMILES string of the molecule is CCNC1CN(c2c(F)cc3c(=O)c(C(=O)OCC)cn(-c4cc(N)c(F)cc4COC(C)=O)c3c2F)C1. The number of esters is 2. The fraction of sp³-hybridized carbons (Fsp3) is 0.346. The third-order valence-electron chi connectivity index (χ3n) is 6.23. The molecular weight excluding hydrogens is 505 g/mol. The molecule has 0 atom stereocenters. The molecule has 0 aliphatic carbocycles. The molecule has 1 aliphatic rings. The minimum absolute atomic E-state index is 0.0197. The third-order valence-corrected chi connectivity index (χ3v) is 6.23. The Kier molecular flexibility index (Phi) is 7.63. The van der Waals surface area contributed by atoms with E-state index in [1.165, 1.54) is 11.8 Å². The van der Waals surface area contributed by atoms with Gasteiger partial charge in [0.1, 0.15) is 29.5 Å². The second-order valence-corrected chi connectivity index (χ2v) is 8.82. The number of nitrogens with zero attached hydrogens (tertiary/aromatic N) is 2. The van der Waals surface area contributed by atoms with Crippen molar-refractivity contribution in [3.8, 4) is 5.69 Å². The Morgan fingerprint density at radius 3 is 2.45 bits per heavy atom. The number of fused-ring (bicyclic) bond motifs is 1. The van der Waals surface area contributed by atoms with Gasteiger partial charge in [-0.3, -0.25) is 9.59 Å². The maximum Gasteiger partial charge on any atom is 0.343 e. The lowest BCUT2D eigenvalue weighted by Crippen LogP contribution is -2.58. The summed E-state index contributed by atoms with van der Waals surface area (Å²) in [4.78, 5) is 38.8. The van der Waals surface area contributed by atoms with Gasteiger partial charge in [-0.05, 0) is 31.7 Å². The van der Waals surface area contributed by atoms with Crippen molar-refractivity contribution in [2.75, 3.05) is 36.9 Å². The lowest BCUT2D eigenvalue weighted by molar-refractivity contribution is -0.142. The number of rotatable bonds is 8. The number of ether oxygens (including phenoxy) is 2. The zero-order valence-electron chi connectivity index (χ0n) is 21.1. The second kappa shape index (κ2) is 10.7. The molecule has 1 aromatic heterocycles. The molecule has 1 aliphatic heterocycles. The van der Waals surface area contributed by atoms with Crippen molar-refractivity contribution in [3.63, 3.8) is 0 Å². The number of carbonyl (C=O) groups is 2. The van der Waals surface area contributed by atoms with Gasteiger partial charge in [-0.25, -0.2) is 18.0 Å². The normalized spacial score (nSPS) is 13.5. The monoisotopic (exact) mass is 532 g/mol. The zero-order valence-corrected chi connectivity index (χ0v) is 21.1. The first-order chi connectivity index (χ1) is 18.1. The highest BCUT2D eigenvalue weighted by Gasteiger charge is 2.33. The van der Waals surface area contributed by atoms with E-state index >= 15 is 8.78 Å². The molecule has 0 unspecified atom stereocenters. The second-order valence-electron chi connectivity index (χ2n) is 8.82. The van der Waals surface area contributed by atoms with Crippen LogP contribution in [-0.4, -0.2) is 48.8 Å². The molecule has 0 bridgehead atoms. The highest BCUT2D eigenvalue weighted by molar-refractivity contribution is 5.95. The first-order valence-electron chi connectivity index (χ1n) is 12.0. The molecule has 0 amide bonds. The summed E-state index contributed by atoms with van der Waals surface area (Å²) in [6, 6.07) is 3.06. The van der Waals surface area contributed by atoms with Gasteiger partial charge in [0.05, 0.1) is 28.9 Å². The summed E-state index contributed by atoms with van der Waals surface area (Å²) in [6.07, 6.45) is 1.04. The minimum Gasteiger partial charge on any atom is -0.462 e. The molecule has 9 nitrogen and oxygen atoms in total. The Bertz CT molecular complexity index is 1480. The first kappa shape index (κ1) is 27.0. The molecule has 4 rings (SSSR count). The van der Waals surface area contributed by atoms with Crippen LogP contribution in [0.15, 0.2) is 29.2 Å². The van der Waals surface area contributed by atoms with E-state index in [2.05, 4.69) is 5.32 Å². The largest absolute Gasteiger partial charge is 0.462 e. The number of nitrogens with one attached hydrogen (secondary N) is 1. The number of carbonyl (C=O) groups excluding carboxylic acids is 2. The summed E-state index contributed by atoms with van der Waals surface area (Å²) in [7, 11) is 0. The molecule has 2 heterocycles. The molecule has 12 heteroatoms. The number of anilines is 2. The smallest absolute Gasteiger partial charge is 0.343 e. The topological polar surface area (TPSA) is 116 Å². The van der Waals surface area contributed by atoms with Crippen molar-refractivity contribution in [2.45, 2.75) is 33.4 Å². The van der Waals surface area contributed by atoms with Crippen LogP contribution in [0.4, 0.5) is 24.5 Å². The van der Waals surface area contributed by atoms with Gasteiger partial charge in [-0.1, -0.05) is 6.92 Å². The molecule has 2 aromatic carbocycles. The van der Waals surface area contributed by atoms with E-state index in [0.29, 0.717) is 19.6 Å². The summed E-state index contributed by atoms with van der Waals surface area (Å²) in [5, 5.41) is 2.76. The van der Waals surface area contributed by atoms with Crippen LogP contribution in [0, 0.1) is 17.5 Å². The highest BCUT2D eigenvalue weighted by atomic mass is 19.1. The summed E-state index contributed by atoms with van der Waals surface area (Å²) in [5.74, 6) is -4.52. The third kappa shape index (κ3) is 4.91. The Morgan fingerprint density at radius 2 is 1.82 bits per heavy atom. The Labute approximate surface area is 215 Å². The van der Waals surface area contributed by atoms with E-state index in [1.807, 2.05) is 6.92 Å². The Hall–Kier alpha value is -4.06. The number of nitrogens with two attached hydrogens (primary N) is 1. The summed E-state index contributed by atoms with van der Waals surface area (Å²) in [6.45, 7) is 5.49. The van der Waals surface area contributed by atoms with Crippen LogP contribution in [-0.2, 0) is 20.9 Å². The van der Waals surface area contributed by atoms with Gasteiger partial charge in [0, 0.05) is 37.8 Å². The van der Waals surface area contributed by atoms with Gasteiger partial charge in [-0.15, -0.1) is 0 Å². The number of nitrogen functional groups attached to an aromatic ring is 1. The number of hydrogen-bond donors (Lipinski definition) is 2. The molecule has 202 valence electrons. The van der Waals surface area contributed by atoms with E-state index in [4.69, 9.17) is 15.2 Å². The maximum absolute atomic E-state index is 16.2. The predicted octanol–water partition coefficient (Wildman–Crippen LogP) is 3.03. The van der Waals surface area contributed by atoms with Crippen LogP contribution >= 0.6 is 0 Å². The average Bonchev–Trinajstić information content (AvgIpc) is 2.83. The van der Waals surface area contributed by atoms with Crippen molar-refractivity contribution in [2.24, 2.45) is 0 Å². The van der Waals surface area contributed by atoms with E-state index in [-0.39, 0.29) is 40.8 Å². The predicted molar refractivity (Wildman–Crippen MR) is 135 cm³/mol. The van der Waals surface area contributed by atoms with Crippen LogP contribution in [0.1, 0.15) is 36.7 Å². The average molecular weight is 533 g/mol. The molecule has 0 saturated carbocycles. The number of likely N-dealkylation sites (N-methyl/N-ethyl adjacent to an activating group) is 1. The van der Waals surface area contributed by atoms with Gasteiger partial charge >= 0.3 is 11.9 Å². The fourth-order valence-corrected chi connectivity index (χ4v) is 4.46. The number of pyridine rings is 1. The number of benzene rings is 2. The molecule has 3 aromatic rings. The molecule has 1 fully saturated rings. The molecular formula is C26H27F3N4O5. The molecule has 1 saturated heterocycles. The van der Waals surface area contributed by atoms with E-state index in [1.54, 1.807) is 0 Å². The van der Waals surface area contributed by atoms with Gasteiger partial charge in [0.15, 0.2) is 5.82 Å². The summed E-state index contributed by atoms with van der Waals surface area (Å²) < 4.78 is 57.0. The zero-order chi connectivity index (χ0) is 27.7. The van der Waals surface area contributed by atoms with Gasteiger partial charge in [-0.2, -0.15) is 0 Å². The standard InChI is InChI=1S/C26H27F3N4O5/c1-4-31-15-9-32(10-15)24-19(28)7-16-23(22(24)29)33(11-17(25(16)35)26(36)37-5-2)21-8-20(30)18(27)6-14(21)12-38-13(3)34/h6-8,11,15,31H,4-5,9-10,12,30H2,1-3H3. The van der Waals surface area contributed by atoms with Gasteiger partial charge in [0.2, 0.25) is 5.43 Å². The number of hydrogen-bond acceptors (Lipinski definition) is 8. The van der Waals surface area contributed by atoms with Crippen LogP contribution < -0.4 is 21.4 Å². The minimum atomic E-state index is -1.05. The van der Waals surface area contributed by atoms with Crippen molar-refractivity contribution in [3.05, 3.63) is 63.2 Å². The maximum atomic E-state index is 16.2.